The van der Waals surface area contributed by atoms with Crippen LogP contribution in [0.25, 0.3) is 0 Å². The number of esters is 1. The molecule has 1 rings (SSSR count). The maximum absolute atomic E-state index is 10.9. The Morgan fingerprint density at radius 2 is 1.83 bits per heavy atom. The first-order chi connectivity index (χ1) is 8.76. The first-order valence-electron chi connectivity index (χ1n) is 6.63. The Bertz CT molecular complexity index is 365. The van der Waals surface area contributed by atoms with E-state index in [2.05, 4.69) is 25.6 Å². The monoisotopic (exact) mass is 246 g/mol. The standard InChI is InChI=1S/C16H22O2/c1-3-5-6-7-8-14-9-11-15(12-10-14)13-18-16(17)4-2/h4,9-12H,2-3,5-8,13H2,1H3. The third-order valence-corrected chi connectivity index (χ3v) is 2.89. The fraction of sp³-hybridized carbons (Fsp3) is 0.438. The summed E-state index contributed by atoms with van der Waals surface area (Å²) in [4.78, 5) is 10.9. The van der Waals surface area contributed by atoms with Crippen molar-refractivity contribution in [1.29, 1.82) is 0 Å². The van der Waals surface area contributed by atoms with E-state index in [1.165, 1.54) is 37.3 Å². The molecular weight excluding hydrogens is 224 g/mol. The normalized spacial score (nSPS) is 10.1. The van der Waals surface area contributed by atoms with Crippen LogP contribution in [-0.4, -0.2) is 5.97 Å². The van der Waals surface area contributed by atoms with E-state index in [1.54, 1.807) is 0 Å². The highest BCUT2D eigenvalue weighted by Crippen LogP contribution is 2.10. The molecule has 2 nitrogen and oxygen atoms in total. The van der Waals surface area contributed by atoms with Gasteiger partial charge >= 0.3 is 5.97 Å². The summed E-state index contributed by atoms with van der Waals surface area (Å²) in [6.45, 7) is 5.90. The lowest BCUT2D eigenvalue weighted by Crippen LogP contribution is -2.00. The van der Waals surface area contributed by atoms with Gasteiger partial charge in [-0.2, -0.15) is 0 Å². The molecule has 18 heavy (non-hydrogen) atoms. The van der Waals surface area contributed by atoms with E-state index < -0.39 is 0 Å². The minimum absolute atomic E-state index is 0.320. The SMILES string of the molecule is C=CC(=O)OCc1ccc(CCCCCC)cc1. The van der Waals surface area contributed by atoms with E-state index >= 15 is 0 Å². The molecule has 0 spiro atoms. The maximum atomic E-state index is 10.9. The van der Waals surface area contributed by atoms with Crippen molar-refractivity contribution < 1.29 is 9.53 Å². The number of aryl methyl sites for hydroxylation is 1. The summed E-state index contributed by atoms with van der Waals surface area (Å²) in [5, 5.41) is 0. The summed E-state index contributed by atoms with van der Waals surface area (Å²) in [5.41, 5.74) is 2.37. The molecule has 0 atom stereocenters. The molecule has 0 fully saturated rings. The van der Waals surface area contributed by atoms with Gasteiger partial charge in [0.05, 0.1) is 0 Å². The summed E-state index contributed by atoms with van der Waals surface area (Å²) in [7, 11) is 0. The number of carbonyl (C=O) groups excluding carboxylic acids is 1. The van der Waals surface area contributed by atoms with Crippen molar-refractivity contribution in [1.82, 2.24) is 0 Å². The van der Waals surface area contributed by atoms with Crippen molar-refractivity contribution >= 4 is 5.97 Å². The molecule has 0 unspecified atom stereocenters. The van der Waals surface area contributed by atoms with Gasteiger partial charge in [-0.1, -0.05) is 57.0 Å². The number of ether oxygens (including phenoxy) is 1. The minimum Gasteiger partial charge on any atom is -0.458 e. The van der Waals surface area contributed by atoms with Gasteiger partial charge < -0.3 is 4.74 Å². The van der Waals surface area contributed by atoms with E-state index in [1.807, 2.05) is 12.1 Å². The van der Waals surface area contributed by atoms with E-state index in [9.17, 15) is 4.79 Å². The summed E-state index contributed by atoms with van der Waals surface area (Å²) >= 11 is 0. The molecule has 0 heterocycles. The van der Waals surface area contributed by atoms with Crippen LogP contribution in [0.15, 0.2) is 36.9 Å². The van der Waals surface area contributed by atoms with Crippen molar-refractivity contribution in [2.24, 2.45) is 0 Å². The van der Waals surface area contributed by atoms with E-state index in [0.29, 0.717) is 6.61 Å². The Hall–Kier alpha value is -1.57. The molecule has 0 radical (unpaired) electrons. The Morgan fingerprint density at radius 3 is 2.44 bits per heavy atom. The molecule has 0 bridgehead atoms. The lowest BCUT2D eigenvalue weighted by molar-refractivity contribution is -0.138. The van der Waals surface area contributed by atoms with Crippen LogP contribution in [0.1, 0.15) is 43.7 Å². The highest BCUT2D eigenvalue weighted by Gasteiger charge is 1.98. The molecule has 0 N–H and O–H groups in total. The summed E-state index contributed by atoms with van der Waals surface area (Å²) in [5.74, 6) is -0.376. The second-order valence-electron chi connectivity index (χ2n) is 4.44. The largest absolute Gasteiger partial charge is 0.458 e. The lowest BCUT2D eigenvalue weighted by atomic mass is 10.0. The van der Waals surface area contributed by atoms with Gasteiger partial charge in [0, 0.05) is 6.08 Å². The molecule has 0 aromatic heterocycles. The second-order valence-corrected chi connectivity index (χ2v) is 4.44. The number of unbranched alkanes of at least 4 members (excludes halogenated alkanes) is 3. The van der Waals surface area contributed by atoms with Crippen molar-refractivity contribution in [2.45, 2.75) is 45.6 Å². The Kier molecular flexibility index (Phi) is 6.85. The van der Waals surface area contributed by atoms with E-state index in [-0.39, 0.29) is 5.97 Å². The molecule has 1 aromatic carbocycles. The Morgan fingerprint density at radius 1 is 1.17 bits per heavy atom. The van der Waals surface area contributed by atoms with Crippen LogP contribution in [0, 0.1) is 0 Å². The lowest BCUT2D eigenvalue weighted by Gasteiger charge is -2.04. The molecule has 0 aliphatic heterocycles. The first-order valence-corrected chi connectivity index (χ1v) is 6.63. The second kappa shape index (κ2) is 8.51. The molecule has 0 saturated heterocycles. The average Bonchev–Trinajstić information content (AvgIpc) is 2.42. The van der Waals surface area contributed by atoms with E-state index in [4.69, 9.17) is 4.74 Å². The third-order valence-electron chi connectivity index (χ3n) is 2.89. The number of hydrogen-bond donors (Lipinski definition) is 0. The van der Waals surface area contributed by atoms with E-state index in [0.717, 1.165) is 12.0 Å². The number of rotatable bonds is 8. The Balaban J connectivity index is 2.33. The molecular formula is C16H22O2. The van der Waals surface area contributed by atoms with Crippen LogP contribution < -0.4 is 0 Å². The first kappa shape index (κ1) is 14.5. The summed E-state index contributed by atoms with van der Waals surface area (Å²) in [6.07, 6.45) is 7.45. The van der Waals surface area contributed by atoms with Gasteiger partial charge in [-0.25, -0.2) is 4.79 Å². The fourth-order valence-electron chi connectivity index (χ4n) is 1.77. The van der Waals surface area contributed by atoms with Crippen molar-refractivity contribution in [3.63, 3.8) is 0 Å². The molecule has 98 valence electrons. The van der Waals surface area contributed by atoms with Crippen LogP contribution in [-0.2, 0) is 22.6 Å². The third kappa shape index (κ3) is 5.67. The minimum atomic E-state index is -0.376. The quantitative estimate of drug-likeness (QED) is 0.393. The molecule has 0 aliphatic rings. The average molecular weight is 246 g/mol. The Labute approximate surface area is 110 Å². The number of hydrogen-bond acceptors (Lipinski definition) is 2. The highest BCUT2D eigenvalue weighted by molar-refractivity contribution is 5.81. The van der Waals surface area contributed by atoms with Gasteiger partial charge in [0.15, 0.2) is 0 Å². The van der Waals surface area contributed by atoms with Gasteiger partial charge in [0.1, 0.15) is 6.61 Å². The van der Waals surface area contributed by atoms with Gasteiger partial charge in [-0.05, 0) is 24.0 Å². The predicted octanol–water partition coefficient (Wildman–Crippen LogP) is 4.04. The van der Waals surface area contributed by atoms with Crippen LogP contribution in [0.5, 0.6) is 0 Å². The predicted molar refractivity (Wildman–Crippen MR) is 74.3 cm³/mol. The summed E-state index contributed by atoms with van der Waals surface area (Å²) in [6, 6.07) is 8.27. The molecule has 0 aliphatic carbocycles. The van der Waals surface area contributed by atoms with Gasteiger partial charge in [-0.15, -0.1) is 0 Å². The van der Waals surface area contributed by atoms with Gasteiger partial charge in [-0.3, -0.25) is 0 Å². The molecule has 2 heteroatoms. The van der Waals surface area contributed by atoms with Crippen LogP contribution >= 0.6 is 0 Å². The smallest absolute Gasteiger partial charge is 0.330 e. The summed E-state index contributed by atoms with van der Waals surface area (Å²) < 4.78 is 4.97. The van der Waals surface area contributed by atoms with Crippen molar-refractivity contribution in [3.8, 4) is 0 Å². The van der Waals surface area contributed by atoms with Gasteiger partial charge in [0.25, 0.3) is 0 Å². The zero-order valence-electron chi connectivity index (χ0n) is 11.2. The topological polar surface area (TPSA) is 26.3 Å². The molecule has 1 aromatic rings. The maximum Gasteiger partial charge on any atom is 0.330 e. The van der Waals surface area contributed by atoms with Crippen molar-refractivity contribution in [2.75, 3.05) is 0 Å². The number of benzene rings is 1. The molecule has 0 amide bonds. The van der Waals surface area contributed by atoms with Gasteiger partial charge in [0.2, 0.25) is 0 Å². The number of carbonyl (C=O) groups is 1. The molecule has 0 saturated carbocycles. The zero-order chi connectivity index (χ0) is 13.2. The van der Waals surface area contributed by atoms with Crippen LogP contribution in [0.4, 0.5) is 0 Å². The van der Waals surface area contributed by atoms with Crippen LogP contribution in [0.2, 0.25) is 0 Å². The van der Waals surface area contributed by atoms with Crippen LogP contribution in [0.3, 0.4) is 0 Å². The zero-order valence-corrected chi connectivity index (χ0v) is 11.2. The fourth-order valence-corrected chi connectivity index (χ4v) is 1.77. The van der Waals surface area contributed by atoms with Crippen molar-refractivity contribution in [3.05, 3.63) is 48.0 Å². The highest BCUT2D eigenvalue weighted by atomic mass is 16.5.